The van der Waals surface area contributed by atoms with Crippen molar-refractivity contribution in [3.05, 3.63) is 23.5 Å². The molecule has 0 aromatic carbocycles. The van der Waals surface area contributed by atoms with Crippen molar-refractivity contribution in [3.63, 3.8) is 0 Å². The smallest absolute Gasteiger partial charge is 0.338 e. The van der Waals surface area contributed by atoms with Crippen molar-refractivity contribution in [3.8, 4) is 0 Å². The molecular weight excluding hydrogens is 279 g/mol. The second-order valence-corrected chi connectivity index (χ2v) is 6.46. The third kappa shape index (κ3) is 2.03. The number of halogens is 3. The Balaban J connectivity index is 1.80. The lowest BCUT2D eigenvalue weighted by Crippen LogP contribution is -2.57. The molecule has 1 aliphatic carbocycles. The summed E-state index contributed by atoms with van der Waals surface area (Å²) in [7, 11) is 0. The van der Waals surface area contributed by atoms with Crippen LogP contribution in [0.5, 0.6) is 0 Å². The summed E-state index contributed by atoms with van der Waals surface area (Å²) < 4.78 is 41.1. The number of nitrogens with zero attached hydrogens (tertiary/aromatic N) is 2. The number of alkyl halides is 3. The number of hydrogen-bond donors (Lipinski definition) is 1. The molecule has 6 heteroatoms. The van der Waals surface area contributed by atoms with Gasteiger partial charge in [-0.1, -0.05) is 0 Å². The van der Waals surface area contributed by atoms with Crippen molar-refractivity contribution >= 4 is 0 Å². The Morgan fingerprint density at radius 1 is 1.10 bits per heavy atom. The molecule has 1 N–H and O–H groups in total. The number of nitrogens with one attached hydrogen (secondary N) is 1. The van der Waals surface area contributed by atoms with E-state index in [9.17, 15) is 13.2 Å². The van der Waals surface area contributed by atoms with E-state index in [-0.39, 0.29) is 5.54 Å². The van der Waals surface area contributed by atoms with Crippen LogP contribution in [0.4, 0.5) is 13.2 Å². The van der Waals surface area contributed by atoms with Crippen LogP contribution in [0.25, 0.3) is 0 Å². The van der Waals surface area contributed by atoms with Crippen LogP contribution >= 0.6 is 0 Å². The molecule has 2 aliphatic heterocycles. The quantitative estimate of drug-likeness (QED) is 0.860. The molecule has 2 fully saturated rings. The van der Waals surface area contributed by atoms with Crippen molar-refractivity contribution in [1.82, 2.24) is 14.8 Å². The Hall–Kier alpha value is -1.01. The molecule has 21 heavy (non-hydrogen) atoms. The molecule has 1 spiro atoms. The number of piperidine rings is 1. The highest BCUT2D eigenvalue weighted by Gasteiger charge is 2.50. The molecule has 1 aromatic rings. The third-order valence-corrected chi connectivity index (χ3v) is 5.28. The van der Waals surface area contributed by atoms with Crippen LogP contribution in [0.15, 0.2) is 12.1 Å². The first-order valence-corrected chi connectivity index (χ1v) is 7.77. The summed E-state index contributed by atoms with van der Waals surface area (Å²) >= 11 is 0. The highest BCUT2D eigenvalue weighted by molar-refractivity contribution is 5.29. The van der Waals surface area contributed by atoms with Gasteiger partial charge in [-0.15, -0.1) is 0 Å². The zero-order valence-corrected chi connectivity index (χ0v) is 11.9. The minimum absolute atomic E-state index is 0.186. The van der Waals surface area contributed by atoms with Gasteiger partial charge in [-0.05, 0) is 50.9 Å². The van der Waals surface area contributed by atoms with E-state index >= 15 is 0 Å². The molecule has 1 saturated carbocycles. The van der Waals surface area contributed by atoms with E-state index in [2.05, 4.69) is 10.2 Å². The fourth-order valence-corrected chi connectivity index (χ4v) is 4.23. The average Bonchev–Trinajstić information content (AvgIpc) is 3.16. The molecule has 1 saturated heterocycles. The van der Waals surface area contributed by atoms with Gasteiger partial charge in [0.05, 0.1) is 5.54 Å². The molecule has 0 bridgehead atoms. The Morgan fingerprint density at radius 2 is 1.81 bits per heavy atom. The van der Waals surface area contributed by atoms with Gasteiger partial charge in [-0.25, -0.2) is 0 Å². The van der Waals surface area contributed by atoms with E-state index in [0.29, 0.717) is 12.6 Å². The number of rotatable bonds is 1. The van der Waals surface area contributed by atoms with Gasteiger partial charge < -0.3 is 9.88 Å². The largest absolute Gasteiger partial charge is 0.431 e. The van der Waals surface area contributed by atoms with Crippen LogP contribution in [0.1, 0.15) is 37.1 Å². The van der Waals surface area contributed by atoms with E-state index < -0.39 is 11.9 Å². The van der Waals surface area contributed by atoms with Crippen molar-refractivity contribution in [2.24, 2.45) is 0 Å². The summed E-state index contributed by atoms with van der Waals surface area (Å²) in [5.74, 6) is 0. The second-order valence-electron chi connectivity index (χ2n) is 6.46. The Kier molecular flexibility index (Phi) is 2.92. The second kappa shape index (κ2) is 4.49. The lowest BCUT2D eigenvalue weighted by atomic mass is 9.81. The summed E-state index contributed by atoms with van der Waals surface area (Å²) in [6.45, 7) is 2.98. The predicted octanol–water partition coefficient (Wildman–Crippen LogP) is 2.56. The van der Waals surface area contributed by atoms with Crippen LogP contribution in [0.2, 0.25) is 0 Å². The summed E-state index contributed by atoms with van der Waals surface area (Å²) in [6.07, 6.45) is -0.0479. The van der Waals surface area contributed by atoms with Gasteiger partial charge >= 0.3 is 6.18 Å². The molecule has 0 unspecified atom stereocenters. The van der Waals surface area contributed by atoms with Crippen molar-refractivity contribution in [2.45, 2.75) is 50.0 Å². The minimum atomic E-state index is -4.26. The number of hydrogen-bond acceptors (Lipinski definition) is 2. The van der Waals surface area contributed by atoms with E-state index in [0.717, 1.165) is 38.2 Å². The average molecular weight is 299 g/mol. The first kappa shape index (κ1) is 13.6. The van der Waals surface area contributed by atoms with Gasteiger partial charge in [0.15, 0.2) is 0 Å². The van der Waals surface area contributed by atoms with E-state index in [1.807, 2.05) is 0 Å². The van der Waals surface area contributed by atoms with E-state index in [4.69, 9.17) is 0 Å². The molecule has 116 valence electrons. The lowest BCUT2D eigenvalue weighted by Gasteiger charge is -2.50. The highest BCUT2D eigenvalue weighted by atomic mass is 19.4. The third-order valence-electron chi connectivity index (χ3n) is 5.28. The predicted molar refractivity (Wildman–Crippen MR) is 72.9 cm³/mol. The molecule has 0 radical (unpaired) electrons. The van der Waals surface area contributed by atoms with Crippen molar-refractivity contribution < 1.29 is 13.2 Å². The standard InChI is InChI=1S/C15H20F3N3/c16-15(17,18)13-4-3-12-14(5-7-19-8-6-14)21(11-1-2-11)10-9-20(12)13/h3-4,11,19H,1-2,5-10H2. The summed E-state index contributed by atoms with van der Waals surface area (Å²) in [5, 5.41) is 3.35. The lowest BCUT2D eigenvalue weighted by molar-refractivity contribution is -0.145. The van der Waals surface area contributed by atoms with Gasteiger partial charge in [0.1, 0.15) is 5.69 Å². The van der Waals surface area contributed by atoms with Crippen LogP contribution in [-0.2, 0) is 18.3 Å². The zero-order chi connectivity index (χ0) is 14.7. The first-order valence-electron chi connectivity index (χ1n) is 7.77. The van der Waals surface area contributed by atoms with Crippen LogP contribution in [0, 0.1) is 0 Å². The Morgan fingerprint density at radius 3 is 2.43 bits per heavy atom. The van der Waals surface area contributed by atoms with Gasteiger partial charge in [0, 0.05) is 24.8 Å². The van der Waals surface area contributed by atoms with Crippen LogP contribution < -0.4 is 5.32 Å². The van der Waals surface area contributed by atoms with Crippen LogP contribution in [-0.4, -0.2) is 35.1 Å². The van der Waals surface area contributed by atoms with Gasteiger partial charge in [-0.2, -0.15) is 13.2 Å². The molecule has 0 atom stereocenters. The molecule has 3 aliphatic rings. The Bertz CT molecular complexity index is 539. The van der Waals surface area contributed by atoms with Crippen molar-refractivity contribution in [2.75, 3.05) is 19.6 Å². The SMILES string of the molecule is FC(F)(F)c1ccc2n1CCN(C1CC1)C21CCNCC1. The molecule has 4 rings (SSSR count). The number of aromatic nitrogens is 1. The van der Waals surface area contributed by atoms with Gasteiger partial charge in [0.25, 0.3) is 0 Å². The first-order chi connectivity index (χ1) is 10.0. The normalized spacial score (nSPS) is 26.0. The van der Waals surface area contributed by atoms with Gasteiger partial charge in [-0.3, -0.25) is 4.90 Å². The summed E-state index contributed by atoms with van der Waals surface area (Å²) in [4.78, 5) is 2.50. The minimum Gasteiger partial charge on any atom is -0.338 e. The van der Waals surface area contributed by atoms with Gasteiger partial charge in [0.2, 0.25) is 0 Å². The maximum atomic E-state index is 13.2. The Labute approximate surface area is 122 Å². The highest BCUT2D eigenvalue weighted by Crippen LogP contribution is 2.47. The zero-order valence-electron chi connectivity index (χ0n) is 11.9. The monoisotopic (exact) mass is 299 g/mol. The fourth-order valence-electron chi connectivity index (χ4n) is 4.23. The fraction of sp³-hybridized carbons (Fsp3) is 0.733. The van der Waals surface area contributed by atoms with Crippen LogP contribution in [0.3, 0.4) is 0 Å². The van der Waals surface area contributed by atoms with E-state index in [1.54, 1.807) is 6.07 Å². The maximum Gasteiger partial charge on any atom is 0.431 e. The molecule has 3 heterocycles. The maximum absolute atomic E-state index is 13.2. The molecular formula is C15H20F3N3. The molecule has 1 aromatic heterocycles. The molecule has 3 nitrogen and oxygen atoms in total. The summed E-state index contributed by atoms with van der Waals surface area (Å²) in [6, 6.07) is 3.58. The van der Waals surface area contributed by atoms with E-state index in [1.165, 1.54) is 23.5 Å². The summed E-state index contributed by atoms with van der Waals surface area (Å²) in [5.41, 5.74) is 0.217. The number of fused-ring (bicyclic) bond motifs is 2. The van der Waals surface area contributed by atoms with Crippen molar-refractivity contribution in [1.29, 1.82) is 0 Å². The topological polar surface area (TPSA) is 20.2 Å². The molecule has 0 amide bonds.